The standard InChI is InChI=1S/C16H23N5O2/c1-10(2)8-13-12(5-7-21(13)16(22)23)20(3)15-11-4-6-17-14(11)18-9-19-15/h4,6,9-10,12-13H,5,7-8H2,1-3H3,(H,22,23)(H,17,18,19). The topological polar surface area (TPSA) is 85.4 Å². The molecule has 0 spiro atoms. The van der Waals surface area contributed by atoms with Crippen molar-refractivity contribution >= 4 is 22.9 Å². The molecule has 2 unspecified atom stereocenters. The Morgan fingerprint density at radius 3 is 3.00 bits per heavy atom. The zero-order valence-electron chi connectivity index (χ0n) is 13.7. The second kappa shape index (κ2) is 6.06. The van der Waals surface area contributed by atoms with Gasteiger partial charge in [0.2, 0.25) is 0 Å². The van der Waals surface area contributed by atoms with Crippen molar-refractivity contribution in [3.05, 3.63) is 18.6 Å². The molecular formula is C16H23N5O2. The highest BCUT2D eigenvalue weighted by molar-refractivity contribution is 5.87. The minimum absolute atomic E-state index is 0.0125. The SMILES string of the molecule is CC(C)CC1C(N(C)c2ncnc3[nH]ccc23)CCN1C(=O)O. The van der Waals surface area contributed by atoms with E-state index in [-0.39, 0.29) is 12.1 Å². The summed E-state index contributed by atoms with van der Waals surface area (Å²) in [5.74, 6) is 1.29. The fourth-order valence-corrected chi connectivity index (χ4v) is 3.59. The minimum atomic E-state index is -0.832. The number of nitrogens with zero attached hydrogens (tertiary/aromatic N) is 4. The van der Waals surface area contributed by atoms with E-state index >= 15 is 0 Å². The predicted molar refractivity (Wildman–Crippen MR) is 88.7 cm³/mol. The van der Waals surface area contributed by atoms with Gasteiger partial charge in [-0.05, 0) is 24.8 Å². The fourth-order valence-electron chi connectivity index (χ4n) is 3.59. The van der Waals surface area contributed by atoms with Crippen molar-refractivity contribution in [3.63, 3.8) is 0 Å². The molecule has 0 aromatic carbocycles. The van der Waals surface area contributed by atoms with E-state index in [1.807, 2.05) is 19.3 Å². The van der Waals surface area contributed by atoms with Crippen molar-refractivity contribution in [1.29, 1.82) is 0 Å². The summed E-state index contributed by atoms with van der Waals surface area (Å²) in [6.45, 7) is 4.83. The van der Waals surface area contributed by atoms with Crippen molar-refractivity contribution < 1.29 is 9.90 Å². The Bertz CT molecular complexity index is 699. The average molecular weight is 317 g/mol. The Balaban J connectivity index is 1.92. The molecule has 2 aromatic rings. The normalized spacial score (nSPS) is 21.3. The Morgan fingerprint density at radius 1 is 1.52 bits per heavy atom. The Hall–Kier alpha value is -2.31. The molecule has 124 valence electrons. The molecule has 0 aliphatic carbocycles. The fraction of sp³-hybridized carbons (Fsp3) is 0.562. The summed E-state index contributed by atoms with van der Waals surface area (Å²) in [6, 6.07) is 2.07. The maximum atomic E-state index is 11.5. The van der Waals surface area contributed by atoms with Crippen LogP contribution in [0.3, 0.4) is 0 Å². The number of rotatable bonds is 4. The van der Waals surface area contributed by atoms with Gasteiger partial charge in [0.05, 0.1) is 17.5 Å². The van der Waals surface area contributed by atoms with Crippen LogP contribution in [0.15, 0.2) is 18.6 Å². The molecule has 1 fully saturated rings. The zero-order valence-corrected chi connectivity index (χ0v) is 13.7. The Labute approximate surface area is 135 Å². The average Bonchev–Trinajstić information content (AvgIpc) is 3.11. The number of likely N-dealkylation sites (tertiary alicyclic amines) is 1. The molecule has 2 N–H and O–H groups in total. The van der Waals surface area contributed by atoms with E-state index < -0.39 is 6.09 Å². The zero-order chi connectivity index (χ0) is 16.6. The molecule has 0 saturated carbocycles. The lowest BCUT2D eigenvalue weighted by Crippen LogP contribution is -2.46. The van der Waals surface area contributed by atoms with Crippen LogP contribution in [-0.2, 0) is 0 Å². The summed E-state index contributed by atoms with van der Waals surface area (Å²) in [6.07, 6.45) is 4.23. The molecule has 1 aliphatic rings. The quantitative estimate of drug-likeness (QED) is 0.905. The first-order valence-corrected chi connectivity index (χ1v) is 7.99. The van der Waals surface area contributed by atoms with Gasteiger partial charge >= 0.3 is 6.09 Å². The molecule has 3 rings (SSSR count). The number of carboxylic acid groups (broad SMARTS) is 1. The number of hydrogen-bond acceptors (Lipinski definition) is 4. The first-order chi connectivity index (χ1) is 11.0. The second-order valence-corrected chi connectivity index (χ2v) is 6.58. The van der Waals surface area contributed by atoms with Crippen LogP contribution in [0.5, 0.6) is 0 Å². The molecule has 3 heterocycles. The number of aromatic amines is 1. The van der Waals surface area contributed by atoms with E-state index in [1.165, 1.54) is 0 Å². The van der Waals surface area contributed by atoms with Crippen molar-refractivity contribution in [2.75, 3.05) is 18.5 Å². The van der Waals surface area contributed by atoms with E-state index in [0.717, 1.165) is 29.7 Å². The largest absolute Gasteiger partial charge is 0.465 e. The number of hydrogen-bond donors (Lipinski definition) is 2. The van der Waals surface area contributed by atoms with Crippen LogP contribution in [0.2, 0.25) is 0 Å². The van der Waals surface area contributed by atoms with Crippen LogP contribution < -0.4 is 4.90 Å². The van der Waals surface area contributed by atoms with E-state index in [2.05, 4.69) is 33.7 Å². The van der Waals surface area contributed by atoms with Crippen molar-refractivity contribution in [2.45, 2.75) is 38.8 Å². The molecule has 7 nitrogen and oxygen atoms in total. The van der Waals surface area contributed by atoms with Gasteiger partial charge < -0.3 is 19.9 Å². The number of anilines is 1. The second-order valence-electron chi connectivity index (χ2n) is 6.58. The predicted octanol–water partition coefficient (Wildman–Crippen LogP) is 2.56. The monoisotopic (exact) mass is 317 g/mol. The lowest BCUT2D eigenvalue weighted by Gasteiger charge is -2.34. The molecule has 0 radical (unpaired) electrons. The molecular weight excluding hydrogens is 294 g/mol. The van der Waals surface area contributed by atoms with Crippen LogP contribution in [0.25, 0.3) is 11.0 Å². The molecule has 1 amide bonds. The van der Waals surface area contributed by atoms with Gasteiger partial charge in [0, 0.05) is 19.8 Å². The highest BCUT2D eigenvalue weighted by atomic mass is 16.4. The van der Waals surface area contributed by atoms with Crippen LogP contribution in [0.4, 0.5) is 10.6 Å². The Kier molecular flexibility index (Phi) is 4.11. The third-order valence-corrected chi connectivity index (χ3v) is 4.63. The van der Waals surface area contributed by atoms with E-state index in [0.29, 0.717) is 12.5 Å². The summed E-state index contributed by atoms with van der Waals surface area (Å²) in [5, 5.41) is 10.4. The maximum Gasteiger partial charge on any atom is 0.407 e. The lowest BCUT2D eigenvalue weighted by molar-refractivity contribution is 0.132. The Morgan fingerprint density at radius 2 is 2.30 bits per heavy atom. The molecule has 0 bridgehead atoms. The van der Waals surface area contributed by atoms with Gasteiger partial charge in [-0.3, -0.25) is 0 Å². The van der Waals surface area contributed by atoms with Crippen LogP contribution in [0.1, 0.15) is 26.7 Å². The third-order valence-electron chi connectivity index (χ3n) is 4.63. The van der Waals surface area contributed by atoms with Gasteiger partial charge in [0.25, 0.3) is 0 Å². The number of likely N-dealkylation sites (N-methyl/N-ethyl adjacent to an activating group) is 1. The van der Waals surface area contributed by atoms with Crippen molar-refractivity contribution in [3.8, 4) is 0 Å². The van der Waals surface area contributed by atoms with E-state index in [1.54, 1.807) is 11.2 Å². The number of aromatic nitrogens is 3. The molecule has 23 heavy (non-hydrogen) atoms. The van der Waals surface area contributed by atoms with Gasteiger partial charge in [-0.2, -0.15) is 0 Å². The lowest BCUT2D eigenvalue weighted by atomic mass is 9.97. The molecule has 1 aliphatic heterocycles. The van der Waals surface area contributed by atoms with E-state index in [9.17, 15) is 9.90 Å². The molecule has 7 heteroatoms. The third kappa shape index (κ3) is 2.83. The van der Waals surface area contributed by atoms with Gasteiger partial charge in [0.15, 0.2) is 0 Å². The highest BCUT2D eigenvalue weighted by Crippen LogP contribution is 2.31. The number of nitrogens with one attached hydrogen (secondary N) is 1. The smallest absolute Gasteiger partial charge is 0.407 e. The highest BCUT2D eigenvalue weighted by Gasteiger charge is 2.40. The number of H-pyrrole nitrogens is 1. The summed E-state index contributed by atoms with van der Waals surface area (Å²) in [4.78, 5) is 27.0. The molecule has 1 saturated heterocycles. The van der Waals surface area contributed by atoms with E-state index in [4.69, 9.17) is 0 Å². The van der Waals surface area contributed by atoms with Gasteiger partial charge in [-0.15, -0.1) is 0 Å². The minimum Gasteiger partial charge on any atom is -0.465 e. The summed E-state index contributed by atoms with van der Waals surface area (Å²) < 4.78 is 0. The molecule has 2 atom stereocenters. The number of carbonyl (C=O) groups is 1. The summed E-state index contributed by atoms with van der Waals surface area (Å²) in [7, 11) is 2.00. The van der Waals surface area contributed by atoms with Crippen molar-refractivity contribution in [1.82, 2.24) is 19.9 Å². The summed E-state index contributed by atoms with van der Waals surface area (Å²) in [5.41, 5.74) is 0.801. The van der Waals surface area contributed by atoms with Gasteiger partial charge in [-0.1, -0.05) is 13.8 Å². The van der Waals surface area contributed by atoms with Gasteiger partial charge in [0.1, 0.15) is 17.8 Å². The summed E-state index contributed by atoms with van der Waals surface area (Å²) >= 11 is 0. The van der Waals surface area contributed by atoms with Crippen LogP contribution in [-0.4, -0.2) is 56.7 Å². The number of amides is 1. The van der Waals surface area contributed by atoms with Crippen LogP contribution >= 0.6 is 0 Å². The maximum absolute atomic E-state index is 11.5. The van der Waals surface area contributed by atoms with Gasteiger partial charge in [-0.25, -0.2) is 14.8 Å². The number of fused-ring (bicyclic) bond motifs is 1. The first-order valence-electron chi connectivity index (χ1n) is 7.99. The van der Waals surface area contributed by atoms with Crippen molar-refractivity contribution in [2.24, 2.45) is 5.92 Å². The first kappa shape index (κ1) is 15.6. The van der Waals surface area contributed by atoms with Crippen LogP contribution in [0, 0.1) is 5.92 Å². The molecule has 2 aromatic heterocycles.